The highest BCUT2D eigenvalue weighted by atomic mass is 16.5. The van der Waals surface area contributed by atoms with Gasteiger partial charge in [0.25, 0.3) is 0 Å². The van der Waals surface area contributed by atoms with Gasteiger partial charge in [-0.1, -0.05) is 37.3 Å². The van der Waals surface area contributed by atoms with Crippen molar-refractivity contribution in [3.05, 3.63) is 53.2 Å². The number of fused-ring (bicyclic) bond motifs is 2. The highest BCUT2D eigenvalue weighted by Gasteiger charge is 2.27. The van der Waals surface area contributed by atoms with Crippen molar-refractivity contribution in [3.8, 4) is 6.01 Å². The van der Waals surface area contributed by atoms with Gasteiger partial charge in [-0.25, -0.2) is 0 Å². The third kappa shape index (κ3) is 4.43. The third-order valence-electron chi connectivity index (χ3n) is 7.45. The zero-order valence-corrected chi connectivity index (χ0v) is 21.0. The zero-order valence-electron chi connectivity index (χ0n) is 21.0. The van der Waals surface area contributed by atoms with E-state index in [0.717, 1.165) is 50.5 Å². The molecule has 1 fully saturated rings. The van der Waals surface area contributed by atoms with Crippen molar-refractivity contribution in [1.29, 1.82) is 0 Å². The second kappa shape index (κ2) is 9.79. The highest BCUT2D eigenvalue weighted by molar-refractivity contribution is 5.97. The topological polar surface area (TPSA) is 44.7 Å². The van der Waals surface area contributed by atoms with Crippen molar-refractivity contribution >= 4 is 22.3 Å². The van der Waals surface area contributed by atoms with Gasteiger partial charge in [0.2, 0.25) is 0 Å². The molecule has 0 saturated carbocycles. The molecule has 34 heavy (non-hydrogen) atoms. The lowest BCUT2D eigenvalue weighted by molar-refractivity contribution is 0.187. The van der Waals surface area contributed by atoms with E-state index in [4.69, 9.17) is 14.7 Å². The number of nitrogens with zero attached hydrogens (tertiary/aromatic N) is 5. The fourth-order valence-corrected chi connectivity index (χ4v) is 5.55. The van der Waals surface area contributed by atoms with E-state index < -0.39 is 0 Å². The molecule has 6 nitrogen and oxygen atoms in total. The molecule has 0 N–H and O–H groups in total. The summed E-state index contributed by atoms with van der Waals surface area (Å²) in [6.07, 6.45) is 4.43. The Morgan fingerprint density at radius 1 is 1.12 bits per heavy atom. The van der Waals surface area contributed by atoms with Crippen LogP contribution in [0.15, 0.2) is 36.4 Å². The molecule has 5 rings (SSSR count). The lowest BCUT2D eigenvalue weighted by Gasteiger charge is -2.33. The number of likely N-dealkylation sites (tertiary alicyclic amines) is 1. The van der Waals surface area contributed by atoms with Crippen LogP contribution in [0, 0.1) is 6.92 Å². The molecule has 0 unspecified atom stereocenters. The van der Waals surface area contributed by atoms with Crippen molar-refractivity contribution in [2.45, 2.75) is 52.1 Å². The van der Waals surface area contributed by atoms with Crippen molar-refractivity contribution in [2.75, 3.05) is 50.1 Å². The number of hydrogen-bond acceptors (Lipinski definition) is 6. The minimum Gasteiger partial charge on any atom is -0.462 e. The van der Waals surface area contributed by atoms with Crippen LogP contribution in [0.1, 0.15) is 43.0 Å². The van der Waals surface area contributed by atoms with Gasteiger partial charge in [0.05, 0.1) is 12.2 Å². The van der Waals surface area contributed by atoms with E-state index in [2.05, 4.69) is 79.0 Å². The molecule has 1 saturated heterocycles. The van der Waals surface area contributed by atoms with Crippen LogP contribution in [0.25, 0.3) is 10.8 Å². The SMILES string of the molecule is CCCN(C)c1nc(OC[C@@H]2CCCN2C)nc2c1CCN(c1cccc3cccc(C)c13)C2. The van der Waals surface area contributed by atoms with Crippen LogP contribution < -0.4 is 14.5 Å². The molecule has 0 amide bonds. The maximum atomic E-state index is 6.22. The summed E-state index contributed by atoms with van der Waals surface area (Å²) in [5, 5.41) is 2.63. The second-order valence-corrected chi connectivity index (χ2v) is 9.89. The first-order valence-corrected chi connectivity index (χ1v) is 12.7. The van der Waals surface area contributed by atoms with Gasteiger partial charge in [-0.2, -0.15) is 9.97 Å². The first-order valence-electron chi connectivity index (χ1n) is 12.7. The van der Waals surface area contributed by atoms with Gasteiger partial charge in [-0.3, -0.25) is 0 Å². The quantitative estimate of drug-likeness (QED) is 0.505. The standard InChI is InChI=1S/C28H37N5O/c1-5-15-32(4)27-23-14-17-33(25-13-7-11-21-10-6-9-20(2)26(21)25)18-24(23)29-28(30-27)34-19-22-12-8-16-31(22)3/h6-7,9-11,13,22H,5,8,12,14-19H2,1-4H3/t22-/m0/s1. The fraction of sp³-hybridized carbons (Fsp3) is 0.500. The Hall–Kier alpha value is -2.86. The Kier molecular flexibility index (Phi) is 6.59. The predicted molar refractivity (Wildman–Crippen MR) is 140 cm³/mol. The molecule has 6 heteroatoms. The molecule has 2 aliphatic heterocycles. The fourth-order valence-electron chi connectivity index (χ4n) is 5.55. The van der Waals surface area contributed by atoms with Crippen LogP contribution in [0.3, 0.4) is 0 Å². The summed E-state index contributed by atoms with van der Waals surface area (Å²) in [6.45, 7) is 8.92. The number of anilines is 2. The van der Waals surface area contributed by atoms with E-state index in [1.165, 1.54) is 40.4 Å². The average molecular weight is 460 g/mol. The van der Waals surface area contributed by atoms with Crippen LogP contribution in [-0.2, 0) is 13.0 Å². The minimum absolute atomic E-state index is 0.451. The molecule has 180 valence electrons. The van der Waals surface area contributed by atoms with Crippen molar-refractivity contribution < 1.29 is 4.74 Å². The molecular formula is C28H37N5O. The number of likely N-dealkylation sites (N-methyl/N-ethyl adjacent to an activating group) is 1. The Bertz CT molecular complexity index is 1160. The van der Waals surface area contributed by atoms with Gasteiger partial charge < -0.3 is 19.4 Å². The van der Waals surface area contributed by atoms with Gasteiger partial charge in [-0.15, -0.1) is 0 Å². The van der Waals surface area contributed by atoms with Crippen molar-refractivity contribution in [1.82, 2.24) is 14.9 Å². The van der Waals surface area contributed by atoms with Crippen LogP contribution in [0.2, 0.25) is 0 Å². The number of ether oxygens (including phenoxy) is 1. The summed E-state index contributed by atoms with van der Waals surface area (Å²) < 4.78 is 6.22. The average Bonchev–Trinajstić information content (AvgIpc) is 3.26. The third-order valence-corrected chi connectivity index (χ3v) is 7.45. The van der Waals surface area contributed by atoms with E-state index in [9.17, 15) is 0 Å². The van der Waals surface area contributed by atoms with E-state index in [0.29, 0.717) is 18.7 Å². The minimum atomic E-state index is 0.451. The molecule has 0 radical (unpaired) electrons. The summed E-state index contributed by atoms with van der Waals surface area (Å²) >= 11 is 0. The predicted octanol–water partition coefficient (Wildman–Crippen LogP) is 4.82. The van der Waals surface area contributed by atoms with Crippen LogP contribution in [0.4, 0.5) is 11.5 Å². The van der Waals surface area contributed by atoms with Crippen LogP contribution in [-0.4, -0.2) is 61.2 Å². The maximum Gasteiger partial charge on any atom is 0.318 e. The van der Waals surface area contributed by atoms with Crippen molar-refractivity contribution in [3.63, 3.8) is 0 Å². The molecule has 2 aromatic carbocycles. The molecule has 0 bridgehead atoms. The number of hydrogen-bond donors (Lipinski definition) is 0. The van der Waals surface area contributed by atoms with E-state index in [1.807, 2.05) is 0 Å². The molecule has 0 spiro atoms. The monoisotopic (exact) mass is 459 g/mol. The molecule has 1 atom stereocenters. The Labute approximate surface area is 203 Å². The summed E-state index contributed by atoms with van der Waals surface area (Å²) in [6, 6.07) is 14.1. The Balaban J connectivity index is 1.47. The van der Waals surface area contributed by atoms with Gasteiger partial charge in [-0.05, 0) is 63.2 Å². The van der Waals surface area contributed by atoms with Gasteiger partial charge in [0, 0.05) is 42.8 Å². The van der Waals surface area contributed by atoms with E-state index >= 15 is 0 Å². The van der Waals surface area contributed by atoms with Gasteiger partial charge in [0.15, 0.2) is 0 Å². The lowest BCUT2D eigenvalue weighted by atomic mass is 10.00. The maximum absolute atomic E-state index is 6.22. The smallest absolute Gasteiger partial charge is 0.318 e. The number of benzene rings is 2. The van der Waals surface area contributed by atoms with Gasteiger partial charge >= 0.3 is 6.01 Å². The first kappa shape index (κ1) is 22.9. The highest BCUT2D eigenvalue weighted by Crippen LogP contribution is 2.35. The van der Waals surface area contributed by atoms with Crippen LogP contribution >= 0.6 is 0 Å². The van der Waals surface area contributed by atoms with Gasteiger partial charge in [0.1, 0.15) is 12.4 Å². The Morgan fingerprint density at radius 2 is 1.94 bits per heavy atom. The number of aryl methyl sites for hydroxylation is 1. The largest absolute Gasteiger partial charge is 0.462 e. The second-order valence-electron chi connectivity index (χ2n) is 9.89. The normalized spacial score (nSPS) is 18.4. The number of rotatable bonds is 7. The molecule has 3 heterocycles. The summed E-state index contributed by atoms with van der Waals surface area (Å²) in [7, 11) is 4.32. The first-order chi connectivity index (χ1) is 16.5. The van der Waals surface area contributed by atoms with E-state index in [1.54, 1.807) is 0 Å². The number of aromatic nitrogens is 2. The molecule has 0 aliphatic carbocycles. The summed E-state index contributed by atoms with van der Waals surface area (Å²) in [5.74, 6) is 1.04. The molecular weight excluding hydrogens is 422 g/mol. The summed E-state index contributed by atoms with van der Waals surface area (Å²) in [5.41, 5.74) is 4.97. The van der Waals surface area contributed by atoms with E-state index in [-0.39, 0.29) is 0 Å². The molecule has 1 aromatic heterocycles. The lowest BCUT2D eigenvalue weighted by Crippen LogP contribution is -2.34. The molecule has 2 aliphatic rings. The van der Waals surface area contributed by atoms with Crippen molar-refractivity contribution in [2.24, 2.45) is 0 Å². The Morgan fingerprint density at radius 3 is 2.71 bits per heavy atom. The van der Waals surface area contributed by atoms with Crippen LogP contribution in [0.5, 0.6) is 6.01 Å². The zero-order chi connectivity index (χ0) is 23.7. The summed E-state index contributed by atoms with van der Waals surface area (Å²) in [4.78, 5) is 17.0. The molecule has 3 aromatic rings.